The van der Waals surface area contributed by atoms with Crippen molar-refractivity contribution in [3.05, 3.63) is 36.2 Å². The number of rotatable bonds is 6. The molecular formula is C20H22N6O3. The summed E-state index contributed by atoms with van der Waals surface area (Å²) in [5, 5.41) is 12.0. The molecule has 0 aliphatic heterocycles. The third-order valence-corrected chi connectivity index (χ3v) is 4.62. The fourth-order valence-corrected chi connectivity index (χ4v) is 2.99. The number of methoxy groups -OCH3 is 1. The predicted molar refractivity (Wildman–Crippen MR) is 110 cm³/mol. The Hall–Kier alpha value is -3.62. The molecule has 2 aromatic heterocycles. The minimum absolute atomic E-state index is 0.0885. The molecule has 1 saturated carbocycles. The second-order valence-electron chi connectivity index (χ2n) is 6.60. The second kappa shape index (κ2) is 7.42. The molecule has 0 bridgehead atoms. The number of aryl methyl sites for hydroxylation is 1. The summed E-state index contributed by atoms with van der Waals surface area (Å²) in [6.07, 6.45) is 4.10. The van der Waals surface area contributed by atoms with Gasteiger partial charge in [-0.3, -0.25) is 14.3 Å². The number of nitrogens with one attached hydrogen (secondary N) is 3. The Kier molecular flexibility index (Phi) is 3.27. The van der Waals surface area contributed by atoms with Crippen molar-refractivity contribution >= 4 is 39.9 Å². The van der Waals surface area contributed by atoms with Crippen LogP contribution in [0.2, 0.25) is 0 Å². The number of pyridine rings is 1. The van der Waals surface area contributed by atoms with E-state index >= 15 is 0 Å². The number of ether oxygens (including phenoxy) is 1. The van der Waals surface area contributed by atoms with E-state index in [1.54, 1.807) is 12.1 Å². The number of fused-ring (bicyclic) bond motifs is 1. The van der Waals surface area contributed by atoms with E-state index in [1.165, 1.54) is 19.4 Å². The minimum atomic E-state index is -2.74. The minimum Gasteiger partial charge on any atom is -0.492 e. The molecule has 1 aliphatic rings. The van der Waals surface area contributed by atoms with Gasteiger partial charge in [0.1, 0.15) is 11.3 Å². The van der Waals surface area contributed by atoms with Crippen molar-refractivity contribution in [1.29, 1.82) is 0 Å². The molecule has 1 aromatic carbocycles. The van der Waals surface area contributed by atoms with E-state index in [2.05, 4.69) is 20.7 Å². The van der Waals surface area contributed by atoms with Crippen molar-refractivity contribution in [2.24, 2.45) is 12.9 Å². The van der Waals surface area contributed by atoms with Crippen LogP contribution in [0, 0.1) is 5.92 Å². The maximum Gasteiger partial charge on any atom is 0.254 e. The lowest BCUT2D eigenvalue weighted by Gasteiger charge is -2.16. The van der Waals surface area contributed by atoms with Gasteiger partial charge in [0.2, 0.25) is 5.91 Å². The van der Waals surface area contributed by atoms with Gasteiger partial charge in [0.15, 0.2) is 5.75 Å². The predicted octanol–water partition coefficient (Wildman–Crippen LogP) is 2.43. The van der Waals surface area contributed by atoms with Crippen molar-refractivity contribution in [2.45, 2.75) is 12.8 Å². The second-order valence-corrected chi connectivity index (χ2v) is 6.60. The topological polar surface area (TPSA) is 110 Å². The number of carbonyl (C=O) groups is 2. The van der Waals surface area contributed by atoms with Crippen molar-refractivity contribution in [1.82, 2.24) is 20.1 Å². The molecule has 3 N–H and O–H groups in total. The molecule has 9 nitrogen and oxygen atoms in total. The van der Waals surface area contributed by atoms with E-state index in [-0.39, 0.29) is 45.8 Å². The summed E-state index contributed by atoms with van der Waals surface area (Å²) in [4.78, 5) is 28.9. The zero-order chi connectivity index (χ0) is 25.5. The molecule has 0 unspecified atom stereocenters. The zero-order valence-electron chi connectivity index (χ0n) is 21.4. The molecule has 0 saturated heterocycles. The Morgan fingerprint density at radius 1 is 1.28 bits per heavy atom. The summed E-state index contributed by atoms with van der Waals surface area (Å²) >= 11 is 0. The van der Waals surface area contributed by atoms with E-state index in [4.69, 9.17) is 13.0 Å². The number of hydrogen-bond acceptors (Lipinski definition) is 6. The van der Waals surface area contributed by atoms with Gasteiger partial charge >= 0.3 is 0 Å². The highest BCUT2D eigenvalue weighted by molar-refractivity contribution is 6.02. The van der Waals surface area contributed by atoms with Crippen LogP contribution < -0.4 is 20.7 Å². The zero-order valence-corrected chi connectivity index (χ0v) is 15.4. The van der Waals surface area contributed by atoms with Gasteiger partial charge in [-0.2, -0.15) is 5.10 Å². The smallest absolute Gasteiger partial charge is 0.254 e. The maximum absolute atomic E-state index is 12.7. The van der Waals surface area contributed by atoms with Crippen LogP contribution in [-0.2, 0) is 11.8 Å². The Labute approximate surface area is 175 Å². The first-order chi connectivity index (χ1) is 16.4. The summed E-state index contributed by atoms with van der Waals surface area (Å²) < 4.78 is 51.6. The average Bonchev–Trinajstić information content (AvgIpc) is 3.50. The van der Waals surface area contributed by atoms with Crippen LogP contribution >= 0.6 is 0 Å². The van der Waals surface area contributed by atoms with Crippen molar-refractivity contribution in [3.8, 4) is 5.75 Å². The molecule has 0 atom stereocenters. The highest BCUT2D eigenvalue weighted by Crippen LogP contribution is 2.36. The number of amides is 2. The monoisotopic (exact) mass is 400 g/mol. The Morgan fingerprint density at radius 2 is 2.14 bits per heavy atom. The lowest BCUT2D eigenvalue weighted by atomic mass is 10.1. The first-order valence-electron chi connectivity index (χ1n) is 11.8. The van der Waals surface area contributed by atoms with Gasteiger partial charge < -0.3 is 20.7 Å². The van der Waals surface area contributed by atoms with Gasteiger partial charge in [-0.25, -0.2) is 4.98 Å². The van der Waals surface area contributed by atoms with Gasteiger partial charge in [-0.1, -0.05) is 0 Å². The van der Waals surface area contributed by atoms with Crippen LogP contribution in [0.25, 0.3) is 10.9 Å². The van der Waals surface area contributed by atoms with Crippen molar-refractivity contribution in [3.63, 3.8) is 0 Å². The SMILES string of the molecule is [2H]C([2H])([2H])NC(=O)c1cnc(NC(=O)C2CC2)cc1Nc1ccc2cnn(C([2H])([2H])[2H])c2c1OC. The van der Waals surface area contributed by atoms with E-state index in [0.717, 1.165) is 23.7 Å². The maximum atomic E-state index is 12.7. The molecule has 2 amide bonds. The third-order valence-electron chi connectivity index (χ3n) is 4.62. The van der Waals surface area contributed by atoms with Gasteiger partial charge in [0.05, 0.1) is 30.2 Å². The number of aromatic nitrogens is 3. The quantitative estimate of drug-likeness (QED) is 0.586. The molecule has 29 heavy (non-hydrogen) atoms. The fourth-order valence-electron chi connectivity index (χ4n) is 2.99. The van der Waals surface area contributed by atoms with Crippen molar-refractivity contribution < 1.29 is 22.6 Å². The van der Waals surface area contributed by atoms with Crippen molar-refractivity contribution in [2.75, 3.05) is 24.7 Å². The molecule has 1 fully saturated rings. The number of anilines is 3. The molecule has 0 spiro atoms. The fraction of sp³-hybridized carbons (Fsp3) is 0.300. The molecule has 0 radical (unpaired) electrons. The standard InChI is InChI=1S/C20H22N6O3/c1-21-20(28)13-10-22-16(25-19(27)11-4-5-11)8-15(13)24-14-7-6-12-9-23-26(2)17(12)18(14)29-3/h6-11H,4-5H2,1-3H3,(H,21,28)(H2,22,24,25,27)/i1D3,2D3. The molecule has 2 heterocycles. The average molecular weight is 400 g/mol. The molecule has 9 heteroatoms. The van der Waals surface area contributed by atoms with Crippen LogP contribution in [0.1, 0.15) is 31.4 Å². The number of hydrogen-bond donors (Lipinski definition) is 3. The lowest BCUT2D eigenvalue weighted by Crippen LogP contribution is -2.20. The largest absolute Gasteiger partial charge is 0.492 e. The summed E-state index contributed by atoms with van der Waals surface area (Å²) in [7, 11) is 1.35. The summed E-state index contributed by atoms with van der Waals surface area (Å²) in [6.45, 7) is -5.31. The third kappa shape index (κ3) is 3.58. The van der Waals surface area contributed by atoms with Gasteiger partial charge in [0, 0.05) is 45.7 Å². The van der Waals surface area contributed by atoms with E-state index in [0.29, 0.717) is 5.39 Å². The van der Waals surface area contributed by atoms with Gasteiger partial charge in [-0.05, 0) is 25.0 Å². The van der Waals surface area contributed by atoms with Gasteiger partial charge in [0.25, 0.3) is 5.91 Å². The number of carbonyl (C=O) groups excluding carboxylic acids is 2. The normalized spacial score (nSPS) is 17.1. The summed E-state index contributed by atoms with van der Waals surface area (Å²) in [5.74, 6) is -0.924. The van der Waals surface area contributed by atoms with E-state index in [1.807, 2.05) is 5.32 Å². The van der Waals surface area contributed by atoms with E-state index < -0.39 is 19.9 Å². The lowest BCUT2D eigenvalue weighted by molar-refractivity contribution is -0.117. The highest BCUT2D eigenvalue weighted by atomic mass is 16.5. The Balaban J connectivity index is 1.78. The van der Waals surface area contributed by atoms with E-state index in [9.17, 15) is 9.59 Å². The molecule has 1 aliphatic carbocycles. The van der Waals surface area contributed by atoms with Crippen LogP contribution in [0.5, 0.6) is 5.75 Å². The van der Waals surface area contributed by atoms with Crippen LogP contribution in [-0.4, -0.2) is 40.7 Å². The molecule has 4 rings (SSSR count). The molecular weight excluding hydrogens is 372 g/mol. The Morgan fingerprint density at radius 3 is 2.86 bits per heavy atom. The highest BCUT2D eigenvalue weighted by Gasteiger charge is 2.30. The molecule has 150 valence electrons. The first kappa shape index (κ1) is 12.8. The van der Waals surface area contributed by atoms with Crippen LogP contribution in [0.3, 0.4) is 0 Å². The van der Waals surface area contributed by atoms with Crippen LogP contribution in [0.15, 0.2) is 30.6 Å². The number of benzene rings is 1. The number of nitrogens with zero attached hydrogens (tertiary/aromatic N) is 3. The Bertz CT molecular complexity index is 1300. The van der Waals surface area contributed by atoms with Crippen LogP contribution in [0.4, 0.5) is 17.2 Å². The first-order valence-corrected chi connectivity index (χ1v) is 8.83. The van der Waals surface area contributed by atoms with Gasteiger partial charge in [-0.15, -0.1) is 0 Å². The molecule has 3 aromatic rings. The summed E-state index contributed by atoms with van der Waals surface area (Å²) in [6, 6.07) is 4.61. The summed E-state index contributed by atoms with van der Waals surface area (Å²) in [5.41, 5.74) is 0.476.